The van der Waals surface area contributed by atoms with Gasteiger partial charge in [-0.3, -0.25) is 9.69 Å². The number of aliphatic hydroxyl groups is 1. The van der Waals surface area contributed by atoms with Crippen LogP contribution in [0.2, 0.25) is 0 Å². The Morgan fingerprint density at radius 2 is 2.33 bits per heavy atom. The zero-order chi connectivity index (χ0) is 14.8. The Bertz CT molecular complexity index is 613. The van der Waals surface area contributed by atoms with Crippen molar-refractivity contribution in [3.05, 3.63) is 32.7 Å². The Kier molecular flexibility index (Phi) is 4.29. The molecule has 112 valence electrons. The van der Waals surface area contributed by atoms with Crippen molar-refractivity contribution in [2.75, 3.05) is 13.1 Å². The number of aliphatic hydroxyl groups excluding tert-OH is 1. The Balaban J connectivity index is 1.58. The van der Waals surface area contributed by atoms with Gasteiger partial charge in [-0.15, -0.1) is 22.7 Å². The molecule has 1 aliphatic rings. The van der Waals surface area contributed by atoms with Crippen molar-refractivity contribution in [3.8, 4) is 0 Å². The molecule has 8 heteroatoms. The maximum atomic E-state index is 12.0. The van der Waals surface area contributed by atoms with Crippen LogP contribution in [-0.4, -0.2) is 51.1 Å². The molecule has 6 nitrogen and oxygen atoms in total. The minimum absolute atomic E-state index is 0.226. The number of carbonyl (C=O) groups excluding carboxylic acids is 1. The number of thiazole rings is 2. The van der Waals surface area contributed by atoms with Crippen molar-refractivity contribution in [3.63, 3.8) is 0 Å². The van der Waals surface area contributed by atoms with Gasteiger partial charge in [0.05, 0.1) is 28.9 Å². The maximum Gasteiger partial charge on any atom is 0.271 e. The lowest BCUT2D eigenvalue weighted by Gasteiger charge is -2.15. The summed E-state index contributed by atoms with van der Waals surface area (Å²) in [6.07, 6.45) is -0.555. The van der Waals surface area contributed by atoms with Gasteiger partial charge in [-0.1, -0.05) is 0 Å². The molecule has 0 aromatic carbocycles. The molecule has 1 fully saturated rings. The third-order valence-corrected chi connectivity index (χ3v) is 5.06. The predicted molar refractivity (Wildman–Crippen MR) is 81.5 cm³/mol. The van der Waals surface area contributed by atoms with Gasteiger partial charge in [0.25, 0.3) is 5.91 Å². The molecule has 1 amide bonds. The molecule has 3 heterocycles. The standard InChI is InChI=1S/C13H16N4O2S2/c1-8-12(21-7-14-8)4-17-2-9(11(18)3-17)16-13(19)10-5-20-6-15-10/h5-7,9,11,18H,2-4H2,1H3,(H,16,19)/t9-,11-/m1/s1. The van der Waals surface area contributed by atoms with Crippen LogP contribution in [0.3, 0.4) is 0 Å². The first-order chi connectivity index (χ1) is 10.1. The van der Waals surface area contributed by atoms with Crippen molar-refractivity contribution >= 4 is 28.6 Å². The van der Waals surface area contributed by atoms with E-state index in [1.165, 1.54) is 16.2 Å². The summed E-state index contributed by atoms with van der Waals surface area (Å²) in [6, 6.07) is -0.257. The molecule has 1 saturated heterocycles. The fourth-order valence-electron chi connectivity index (χ4n) is 2.39. The number of aryl methyl sites for hydroxylation is 1. The normalized spacial score (nSPS) is 22.6. The minimum atomic E-state index is -0.555. The van der Waals surface area contributed by atoms with Crippen LogP contribution in [0, 0.1) is 6.92 Å². The molecule has 2 aromatic rings. The SMILES string of the molecule is Cc1ncsc1CN1C[C@@H](O)[C@H](NC(=O)c2cscn2)C1. The summed E-state index contributed by atoms with van der Waals surface area (Å²) in [7, 11) is 0. The van der Waals surface area contributed by atoms with Crippen LogP contribution >= 0.6 is 22.7 Å². The average molecular weight is 324 g/mol. The number of aromatic nitrogens is 2. The summed E-state index contributed by atoms with van der Waals surface area (Å²) >= 11 is 3.00. The molecular weight excluding hydrogens is 308 g/mol. The van der Waals surface area contributed by atoms with Crippen LogP contribution < -0.4 is 5.32 Å². The molecule has 0 saturated carbocycles. The quantitative estimate of drug-likeness (QED) is 0.873. The molecule has 21 heavy (non-hydrogen) atoms. The number of nitrogens with zero attached hydrogens (tertiary/aromatic N) is 3. The van der Waals surface area contributed by atoms with E-state index in [-0.39, 0.29) is 11.9 Å². The topological polar surface area (TPSA) is 78.4 Å². The van der Waals surface area contributed by atoms with Gasteiger partial charge in [0.2, 0.25) is 0 Å². The lowest BCUT2D eigenvalue weighted by atomic mass is 10.2. The summed E-state index contributed by atoms with van der Waals surface area (Å²) in [5, 5.41) is 14.7. The van der Waals surface area contributed by atoms with E-state index in [0.717, 1.165) is 12.2 Å². The largest absolute Gasteiger partial charge is 0.390 e. The summed E-state index contributed by atoms with van der Waals surface area (Å²) in [5.74, 6) is -0.226. The van der Waals surface area contributed by atoms with Crippen LogP contribution in [0.25, 0.3) is 0 Å². The van der Waals surface area contributed by atoms with E-state index in [0.29, 0.717) is 18.8 Å². The first kappa shape index (κ1) is 14.6. The van der Waals surface area contributed by atoms with E-state index < -0.39 is 6.10 Å². The van der Waals surface area contributed by atoms with E-state index in [1.54, 1.807) is 22.2 Å². The van der Waals surface area contributed by atoms with Gasteiger partial charge >= 0.3 is 0 Å². The number of β-amino-alcohol motifs (C(OH)–C–C–N with tert-alkyl or cyclic N) is 1. The fourth-order valence-corrected chi connectivity index (χ4v) is 3.74. The van der Waals surface area contributed by atoms with E-state index in [1.807, 2.05) is 12.4 Å². The van der Waals surface area contributed by atoms with E-state index in [9.17, 15) is 9.90 Å². The van der Waals surface area contributed by atoms with Gasteiger partial charge in [0.1, 0.15) is 5.69 Å². The third-order valence-electron chi connectivity index (χ3n) is 3.56. The monoisotopic (exact) mass is 324 g/mol. The molecule has 3 rings (SSSR count). The molecular formula is C13H16N4O2S2. The van der Waals surface area contributed by atoms with Gasteiger partial charge < -0.3 is 10.4 Å². The van der Waals surface area contributed by atoms with E-state index in [2.05, 4.69) is 20.2 Å². The number of hydrogen-bond donors (Lipinski definition) is 2. The van der Waals surface area contributed by atoms with Crippen molar-refractivity contribution in [2.45, 2.75) is 25.6 Å². The second-order valence-electron chi connectivity index (χ2n) is 5.08. The molecule has 2 atom stereocenters. The van der Waals surface area contributed by atoms with Crippen molar-refractivity contribution < 1.29 is 9.90 Å². The highest BCUT2D eigenvalue weighted by Crippen LogP contribution is 2.19. The number of nitrogens with one attached hydrogen (secondary N) is 1. The molecule has 2 aromatic heterocycles. The van der Waals surface area contributed by atoms with Crippen molar-refractivity contribution in [2.24, 2.45) is 0 Å². The maximum absolute atomic E-state index is 12.0. The molecule has 1 aliphatic heterocycles. The van der Waals surface area contributed by atoms with Gasteiger partial charge in [-0.2, -0.15) is 0 Å². The zero-order valence-corrected chi connectivity index (χ0v) is 13.2. The van der Waals surface area contributed by atoms with E-state index >= 15 is 0 Å². The molecule has 0 bridgehead atoms. The first-order valence-electron chi connectivity index (χ1n) is 6.62. The third kappa shape index (κ3) is 3.29. The Hall–Kier alpha value is -1.35. The number of carbonyl (C=O) groups is 1. The van der Waals surface area contributed by atoms with Crippen LogP contribution in [0.15, 0.2) is 16.4 Å². The summed E-state index contributed by atoms with van der Waals surface area (Å²) in [6.45, 7) is 3.93. The number of amides is 1. The number of hydrogen-bond acceptors (Lipinski definition) is 7. The molecule has 0 aliphatic carbocycles. The lowest BCUT2D eigenvalue weighted by molar-refractivity contribution is 0.0884. The minimum Gasteiger partial charge on any atom is -0.390 e. The van der Waals surface area contributed by atoms with Crippen LogP contribution in [0.4, 0.5) is 0 Å². The Morgan fingerprint density at radius 3 is 3.00 bits per heavy atom. The second-order valence-corrected chi connectivity index (χ2v) is 6.73. The highest BCUT2D eigenvalue weighted by Gasteiger charge is 2.33. The zero-order valence-electron chi connectivity index (χ0n) is 11.5. The molecule has 2 N–H and O–H groups in total. The lowest BCUT2D eigenvalue weighted by Crippen LogP contribution is -2.42. The Labute approximate surface area is 130 Å². The second kappa shape index (κ2) is 6.18. The summed E-state index contributed by atoms with van der Waals surface area (Å²) < 4.78 is 0. The van der Waals surface area contributed by atoms with Crippen LogP contribution in [-0.2, 0) is 6.54 Å². The van der Waals surface area contributed by atoms with Crippen molar-refractivity contribution in [1.29, 1.82) is 0 Å². The molecule has 0 unspecified atom stereocenters. The average Bonchev–Trinajstić information content (AvgIpc) is 3.15. The Morgan fingerprint density at radius 1 is 1.48 bits per heavy atom. The molecule has 0 spiro atoms. The van der Waals surface area contributed by atoms with Crippen molar-refractivity contribution in [1.82, 2.24) is 20.2 Å². The van der Waals surface area contributed by atoms with Gasteiger partial charge in [0.15, 0.2) is 0 Å². The van der Waals surface area contributed by atoms with Gasteiger partial charge in [-0.05, 0) is 6.92 Å². The molecule has 0 radical (unpaired) electrons. The van der Waals surface area contributed by atoms with Gasteiger partial charge in [-0.25, -0.2) is 9.97 Å². The van der Waals surface area contributed by atoms with Crippen LogP contribution in [0.5, 0.6) is 0 Å². The number of rotatable bonds is 4. The fraction of sp³-hybridized carbons (Fsp3) is 0.462. The summed E-state index contributed by atoms with van der Waals surface area (Å²) in [4.78, 5) is 23.5. The van der Waals surface area contributed by atoms with E-state index in [4.69, 9.17) is 0 Å². The highest BCUT2D eigenvalue weighted by molar-refractivity contribution is 7.09. The van der Waals surface area contributed by atoms with Gasteiger partial charge in [0, 0.05) is 29.9 Å². The first-order valence-corrected chi connectivity index (χ1v) is 8.44. The smallest absolute Gasteiger partial charge is 0.271 e. The number of likely N-dealkylation sites (tertiary alicyclic amines) is 1. The van der Waals surface area contributed by atoms with Crippen LogP contribution in [0.1, 0.15) is 21.1 Å². The highest BCUT2D eigenvalue weighted by atomic mass is 32.1. The predicted octanol–water partition coefficient (Wildman–Crippen LogP) is 0.883. The summed E-state index contributed by atoms with van der Waals surface area (Å²) in [5.41, 5.74) is 4.89.